The van der Waals surface area contributed by atoms with Gasteiger partial charge in [-0.05, 0) is 11.6 Å². The lowest BCUT2D eigenvalue weighted by Gasteiger charge is -2.00. The molecule has 68 valence electrons. The van der Waals surface area contributed by atoms with E-state index in [0.29, 0.717) is 16.8 Å². The fourth-order valence-electron chi connectivity index (χ4n) is 0.716. The van der Waals surface area contributed by atoms with Gasteiger partial charge >= 0.3 is 0 Å². The average Bonchev–Trinajstić information content (AvgIpc) is 2.16. The minimum absolute atomic E-state index is 0.154. The Morgan fingerprint density at radius 3 is 3.08 bits per heavy atom. The SMILES string of the molecule is COc1nc(Cl)ncc1C#CCBr. The molecule has 0 saturated heterocycles. The van der Waals surface area contributed by atoms with E-state index in [2.05, 4.69) is 37.7 Å². The summed E-state index contributed by atoms with van der Waals surface area (Å²) in [5.74, 6) is 6.05. The third-order valence-electron chi connectivity index (χ3n) is 1.21. The second kappa shape index (κ2) is 5.05. The first-order chi connectivity index (χ1) is 6.27. The van der Waals surface area contributed by atoms with E-state index in [1.807, 2.05) is 0 Å². The van der Waals surface area contributed by atoms with Crippen molar-refractivity contribution < 1.29 is 4.74 Å². The van der Waals surface area contributed by atoms with Gasteiger partial charge in [0, 0.05) is 0 Å². The minimum atomic E-state index is 0.154. The van der Waals surface area contributed by atoms with Gasteiger partial charge in [0.05, 0.1) is 18.6 Å². The maximum atomic E-state index is 5.57. The molecule has 0 atom stereocenters. The molecule has 0 fully saturated rings. The first-order valence-electron chi connectivity index (χ1n) is 3.39. The van der Waals surface area contributed by atoms with E-state index < -0.39 is 0 Å². The third-order valence-corrected chi connectivity index (χ3v) is 1.67. The van der Waals surface area contributed by atoms with Gasteiger partial charge in [0.15, 0.2) is 0 Å². The second-order valence-corrected chi connectivity index (χ2v) is 2.90. The van der Waals surface area contributed by atoms with Gasteiger partial charge in [-0.25, -0.2) is 4.98 Å². The fraction of sp³-hybridized carbons (Fsp3) is 0.250. The highest BCUT2D eigenvalue weighted by Gasteiger charge is 2.02. The average molecular weight is 262 g/mol. The molecule has 1 rings (SSSR count). The van der Waals surface area contributed by atoms with Gasteiger partial charge in [-0.1, -0.05) is 27.8 Å². The number of halogens is 2. The van der Waals surface area contributed by atoms with Gasteiger partial charge in [0.25, 0.3) is 0 Å². The Bertz CT molecular complexity index is 359. The van der Waals surface area contributed by atoms with Crippen LogP contribution in [-0.2, 0) is 0 Å². The molecule has 0 aromatic carbocycles. The van der Waals surface area contributed by atoms with Crippen molar-refractivity contribution in [3.05, 3.63) is 17.0 Å². The summed E-state index contributed by atoms with van der Waals surface area (Å²) in [7, 11) is 1.51. The van der Waals surface area contributed by atoms with Gasteiger partial charge in [-0.2, -0.15) is 4.98 Å². The molecule has 0 unspecified atom stereocenters. The lowest BCUT2D eigenvalue weighted by atomic mass is 10.3. The van der Waals surface area contributed by atoms with Crippen LogP contribution in [0.15, 0.2) is 6.20 Å². The summed E-state index contributed by atoms with van der Waals surface area (Å²) in [6.07, 6.45) is 1.53. The number of methoxy groups -OCH3 is 1. The molecule has 1 heterocycles. The topological polar surface area (TPSA) is 35.0 Å². The summed E-state index contributed by atoms with van der Waals surface area (Å²) in [4.78, 5) is 7.66. The predicted octanol–water partition coefficient (Wildman–Crippen LogP) is 1.88. The second-order valence-electron chi connectivity index (χ2n) is 2.00. The number of rotatable bonds is 1. The summed E-state index contributed by atoms with van der Waals surface area (Å²) >= 11 is 8.76. The highest BCUT2D eigenvalue weighted by atomic mass is 79.9. The van der Waals surface area contributed by atoms with Crippen molar-refractivity contribution in [2.45, 2.75) is 0 Å². The molecule has 0 bridgehead atoms. The van der Waals surface area contributed by atoms with Crippen molar-refractivity contribution in [3.8, 4) is 17.7 Å². The number of nitrogens with zero attached hydrogens (tertiary/aromatic N) is 2. The molecule has 0 aliphatic rings. The largest absolute Gasteiger partial charge is 0.480 e. The summed E-state index contributed by atoms with van der Waals surface area (Å²) in [5, 5.41) is 0.750. The predicted molar refractivity (Wildman–Crippen MR) is 54.3 cm³/mol. The number of hydrogen-bond donors (Lipinski definition) is 0. The zero-order valence-electron chi connectivity index (χ0n) is 6.84. The van der Waals surface area contributed by atoms with Crippen molar-refractivity contribution in [2.24, 2.45) is 0 Å². The molecule has 13 heavy (non-hydrogen) atoms. The Morgan fingerprint density at radius 1 is 1.69 bits per heavy atom. The molecular weight excluding hydrogens is 255 g/mol. The van der Waals surface area contributed by atoms with E-state index >= 15 is 0 Å². The molecule has 0 aliphatic heterocycles. The van der Waals surface area contributed by atoms with Crippen molar-refractivity contribution >= 4 is 27.5 Å². The highest BCUT2D eigenvalue weighted by Crippen LogP contribution is 2.14. The monoisotopic (exact) mass is 260 g/mol. The molecule has 0 amide bonds. The third kappa shape index (κ3) is 2.87. The van der Waals surface area contributed by atoms with Gasteiger partial charge in [-0.3, -0.25) is 0 Å². The molecule has 0 saturated carbocycles. The Kier molecular flexibility index (Phi) is 4.00. The molecule has 0 N–H and O–H groups in total. The van der Waals surface area contributed by atoms with Crippen molar-refractivity contribution in [2.75, 3.05) is 12.4 Å². The van der Waals surface area contributed by atoms with Crippen molar-refractivity contribution in [1.82, 2.24) is 9.97 Å². The van der Waals surface area contributed by atoms with Crippen LogP contribution in [0.25, 0.3) is 0 Å². The summed E-state index contributed by atoms with van der Waals surface area (Å²) in [6.45, 7) is 0. The number of alkyl halides is 1. The number of ether oxygens (including phenoxy) is 1. The quantitative estimate of drug-likeness (QED) is 0.440. The molecule has 0 spiro atoms. The standard InChI is InChI=1S/C8H6BrClN2O/c1-13-7-6(3-2-4-9)5-11-8(10)12-7/h5H,4H2,1H3. The summed E-state index contributed by atoms with van der Waals surface area (Å²) in [5.41, 5.74) is 0.631. The molecular formula is C8H6BrClN2O. The zero-order chi connectivity index (χ0) is 9.68. The first-order valence-corrected chi connectivity index (χ1v) is 4.89. The normalized spacial score (nSPS) is 8.85. The number of aromatic nitrogens is 2. The van der Waals surface area contributed by atoms with Crippen LogP contribution >= 0.6 is 27.5 Å². The maximum Gasteiger partial charge on any atom is 0.233 e. The molecule has 3 nitrogen and oxygen atoms in total. The molecule has 0 aliphatic carbocycles. The van der Waals surface area contributed by atoms with Crippen LogP contribution in [0.3, 0.4) is 0 Å². The Hall–Kier alpha value is -0.790. The van der Waals surface area contributed by atoms with E-state index in [4.69, 9.17) is 16.3 Å². The smallest absolute Gasteiger partial charge is 0.233 e. The molecule has 5 heteroatoms. The van der Waals surface area contributed by atoms with Crippen LogP contribution in [0.4, 0.5) is 0 Å². The minimum Gasteiger partial charge on any atom is -0.480 e. The Balaban J connectivity index is 3.06. The molecule has 1 aromatic heterocycles. The van der Waals surface area contributed by atoms with Crippen molar-refractivity contribution in [3.63, 3.8) is 0 Å². The van der Waals surface area contributed by atoms with E-state index in [-0.39, 0.29) is 5.28 Å². The van der Waals surface area contributed by atoms with Crippen LogP contribution < -0.4 is 4.74 Å². The maximum absolute atomic E-state index is 5.57. The number of hydrogen-bond acceptors (Lipinski definition) is 3. The van der Waals surface area contributed by atoms with Gasteiger partial charge < -0.3 is 4.74 Å². The zero-order valence-corrected chi connectivity index (χ0v) is 9.18. The van der Waals surface area contributed by atoms with E-state index in [1.54, 1.807) is 0 Å². The van der Waals surface area contributed by atoms with Crippen LogP contribution in [0, 0.1) is 11.8 Å². The fourth-order valence-corrected chi connectivity index (χ4v) is 0.982. The van der Waals surface area contributed by atoms with E-state index in [9.17, 15) is 0 Å². The van der Waals surface area contributed by atoms with Crippen LogP contribution in [-0.4, -0.2) is 22.4 Å². The van der Waals surface area contributed by atoms with Gasteiger partial charge in [0.1, 0.15) is 5.56 Å². The molecule has 1 aromatic rings. The van der Waals surface area contributed by atoms with E-state index in [0.717, 1.165) is 0 Å². The summed E-state index contributed by atoms with van der Waals surface area (Å²) < 4.78 is 4.97. The van der Waals surface area contributed by atoms with Crippen LogP contribution in [0.1, 0.15) is 5.56 Å². The van der Waals surface area contributed by atoms with E-state index in [1.165, 1.54) is 13.3 Å². The van der Waals surface area contributed by atoms with Gasteiger partial charge in [-0.15, -0.1) is 0 Å². The first kappa shape index (κ1) is 10.3. The summed E-state index contributed by atoms with van der Waals surface area (Å²) in [6, 6.07) is 0. The van der Waals surface area contributed by atoms with Crippen molar-refractivity contribution in [1.29, 1.82) is 0 Å². The Morgan fingerprint density at radius 2 is 2.46 bits per heavy atom. The van der Waals surface area contributed by atoms with Gasteiger partial charge in [0.2, 0.25) is 11.2 Å². The Labute approximate surface area is 89.6 Å². The highest BCUT2D eigenvalue weighted by molar-refractivity contribution is 9.09. The molecule has 0 radical (unpaired) electrons. The van der Waals surface area contributed by atoms with Crippen LogP contribution in [0.2, 0.25) is 5.28 Å². The lowest BCUT2D eigenvalue weighted by molar-refractivity contribution is 0.395. The van der Waals surface area contributed by atoms with Crippen LogP contribution in [0.5, 0.6) is 5.88 Å². The lowest BCUT2D eigenvalue weighted by Crippen LogP contribution is -1.94.